The van der Waals surface area contributed by atoms with E-state index in [9.17, 15) is 4.79 Å². The zero-order chi connectivity index (χ0) is 13.1. The van der Waals surface area contributed by atoms with Crippen molar-refractivity contribution in [3.8, 4) is 0 Å². The molecule has 0 spiro atoms. The van der Waals surface area contributed by atoms with Gasteiger partial charge in [0.2, 0.25) is 5.89 Å². The van der Waals surface area contributed by atoms with Crippen molar-refractivity contribution in [3.05, 3.63) is 39.7 Å². The van der Waals surface area contributed by atoms with Gasteiger partial charge in [-0.3, -0.25) is 0 Å². The first-order valence-electron chi connectivity index (χ1n) is 5.01. The molecule has 0 aliphatic heterocycles. The summed E-state index contributed by atoms with van der Waals surface area (Å²) in [5.74, 6) is 0.211. The molecular formula is C11H9BrN2O3S. The van der Waals surface area contributed by atoms with Crippen molar-refractivity contribution >= 4 is 33.7 Å². The fraction of sp³-hybridized carbons (Fsp3) is 0.182. The third-order valence-electron chi connectivity index (χ3n) is 2.16. The van der Waals surface area contributed by atoms with Crippen LogP contribution < -0.4 is 0 Å². The van der Waals surface area contributed by atoms with E-state index in [2.05, 4.69) is 26.1 Å². The van der Waals surface area contributed by atoms with Crippen LogP contribution in [0.5, 0.6) is 0 Å². The highest BCUT2D eigenvalue weighted by Crippen LogP contribution is 2.26. The minimum absolute atomic E-state index is 0.254. The summed E-state index contributed by atoms with van der Waals surface area (Å²) in [5.41, 5.74) is 1.23. The molecule has 2 aromatic rings. The number of rotatable bonds is 4. The minimum Gasteiger partial charge on any atom is -0.478 e. The Balaban J connectivity index is 2.08. The molecule has 18 heavy (non-hydrogen) atoms. The van der Waals surface area contributed by atoms with Crippen LogP contribution in [0.3, 0.4) is 0 Å². The summed E-state index contributed by atoms with van der Waals surface area (Å²) in [6, 6.07) is 4.92. The van der Waals surface area contributed by atoms with Crippen LogP contribution >= 0.6 is 27.7 Å². The highest BCUT2D eigenvalue weighted by molar-refractivity contribution is 9.10. The van der Waals surface area contributed by atoms with E-state index in [-0.39, 0.29) is 5.56 Å². The second-order valence-electron chi connectivity index (χ2n) is 3.49. The molecular weight excluding hydrogens is 320 g/mol. The van der Waals surface area contributed by atoms with Crippen molar-refractivity contribution in [2.24, 2.45) is 0 Å². The maximum atomic E-state index is 10.8. The average Bonchev–Trinajstić information content (AvgIpc) is 2.73. The van der Waals surface area contributed by atoms with Gasteiger partial charge < -0.3 is 9.52 Å². The molecule has 0 amide bonds. The number of aromatic carboxylic acids is 1. The van der Waals surface area contributed by atoms with Crippen LogP contribution in [0.4, 0.5) is 0 Å². The number of hydrogen-bond acceptors (Lipinski definition) is 5. The van der Waals surface area contributed by atoms with Gasteiger partial charge in [0.25, 0.3) is 5.22 Å². The standard InChI is InChI=1S/C11H9BrN2O3S/c1-6-13-14-11(17-6)18-5-8-3-2-7(10(15)16)4-9(8)12/h2-4H,5H2,1H3,(H,15,16). The van der Waals surface area contributed by atoms with Crippen LogP contribution in [0.15, 0.2) is 32.3 Å². The van der Waals surface area contributed by atoms with Crippen molar-refractivity contribution in [1.29, 1.82) is 0 Å². The molecule has 0 aliphatic carbocycles. The Morgan fingerprint density at radius 1 is 1.50 bits per heavy atom. The first-order chi connectivity index (χ1) is 8.56. The van der Waals surface area contributed by atoms with E-state index in [1.54, 1.807) is 25.1 Å². The number of benzene rings is 1. The minimum atomic E-state index is -0.942. The first-order valence-corrected chi connectivity index (χ1v) is 6.79. The van der Waals surface area contributed by atoms with E-state index >= 15 is 0 Å². The smallest absolute Gasteiger partial charge is 0.335 e. The number of nitrogens with zero attached hydrogens (tertiary/aromatic N) is 2. The Morgan fingerprint density at radius 2 is 2.28 bits per heavy atom. The number of carboxylic acid groups (broad SMARTS) is 1. The Bertz CT molecular complexity index is 585. The van der Waals surface area contributed by atoms with Crippen molar-refractivity contribution in [3.63, 3.8) is 0 Å². The number of aryl methyl sites for hydroxylation is 1. The summed E-state index contributed by atoms with van der Waals surface area (Å²) in [5, 5.41) is 17.0. The molecule has 1 N–H and O–H groups in total. The number of carbonyl (C=O) groups is 1. The van der Waals surface area contributed by atoms with Crippen molar-refractivity contribution in [2.75, 3.05) is 0 Å². The summed E-state index contributed by atoms with van der Waals surface area (Å²) in [6.07, 6.45) is 0. The molecule has 0 saturated heterocycles. The quantitative estimate of drug-likeness (QED) is 0.869. The van der Waals surface area contributed by atoms with Crippen molar-refractivity contribution in [1.82, 2.24) is 10.2 Å². The predicted octanol–water partition coefficient (Wildman–Crippen LogP) is 3.13. The summed E-state index contributed by atoms with van der Waals surface area (Å²) >= 11 is 4.76. The molecule has 1 aromatic carbocycles. The van der Waals surface area contributed by atoms with Crippen LogP contribution in [-0.4, -0.2) is 21.3 Å². The molecule has 0 bridgehead atoms. The van der Waals surface area contributed by atoms with E-state index in [1.807, 2.05) is 0 Å². The van der Waals surface area contributed by atoms with Crippen molar-refractivity contribution < 1.29 is 14.3 Å². The number of halogens is 1. The lowest BCUT2D eigenvalue weighted by molar-refractivity contribution is 0.0697. The van der Waals surface area contributed by atoms with Crippen LogP contribution in [0.2, 0.25) is 0 Å². The molecule has 1 aromatic heterocycles. The normalized spacial score (nSPS) is 10.6. The molecule has 2 rings (SSSR count). The Hall–Kier alpha value is -1.34. The number of thioether (sulfide) groups is 1. The lowest BCUT2D eigenvalue weighted by Gasteiger charge is -2.03. The van der Waals surface area contributed by atoms with Gasteiger partial charge in [0.05, 0.1) is 5.56 Å². The van der Waals surface area contributed by atoms with Gasteiger partial charge in [-0.05, 0) is 17.7 Å². The molecule has 1 heterocycles. The van der Waals surface area contributed by atoms with Crippen molar-refractivity contribution in [2.45, 2.75) is 17.9 Å². The Morgan fingerprint density at radius 3 is 2.83 bits per heavy atom. The molecule has 7 heteroatoms. The molecule has 0 unspecified atom stereocenters. The van der Waals surface area contributed by atoms with Crippen LogP contribution in [0, 0.1) is 6.92 Å². The lowest BCUT2D eigenvalue weighted by atomic mass is 10.1. The third kappa shape index (κ3) is 3.11. The van der Waals surface area contributed by atoms with Crippen LogP contribution in [0.1, 0.15) is 21.8 Å². The van der Waals surface area contributed by atoms with Gasteiger partial charge in [-0.15, -0.1) is 10.2 Å². The number of aromatic nitrogens is 2. The highest BCUT2D eigenvalue weighted by atomic mass is 79.9. The first kappa shape index (κ1) is 13.1. The lowest BCUT2D eigenvalue weighted by Crippen LogP contribution is -1.96. The van der Waals surface area contributed by atoms with Gasteiger partial charge in [-0.2, -0.15) is 0 Å². The maximum Gasteiger partial charge on any atom is 0.335 e. The van der Waals surface area contributed by atoms with Crippen LogP contribution in [-0.2, 0) is 5.75 Å². The predicted molar refractivity (Wildman–Crippen MR) is 69.7 cm³/mol. The van der Waals surface area contributed by atoms with Gasteiger partial charge in [0.1, 0.15) is 0 Å². The van der Waals surface area contributed by atoms with Gasteiger partial charge in [-0.25, -0.2) is 4.79 Å². The second-order valence-corrected chi connectivity index (χ2v) is 5.27. The number of carboxylic acids is 1. The summed E-state index contributed by atoms with van der Waals surface area (Å²) in [7, 11) is 0. The van der Waals surface area contributed by atoms with E-state index < -0.39 is 5.97 Å². The summed E-state index contributed by atoms with van der Waals surface area (Å²) < 4.78 is 5.99. The zero-order valence-corrected chi connectivity index (χ0v) is 11.8. The highest BCUT2D eigenvalue weighted by Gasteiger charge is 2.09. The largest absolute Gasteiger partial charge is 0.478 e. The van der Waals surface area contributed by atoms with E-state index in [4.69, 9.17) is 9.52 Å². The van der Waals surface area contributed by atoms with E-state index in [0.29, 0.717) is 16.9 Å². The Kier molecular flexibility index (Phi) is 4.03. The number of hydrogen-bond donors (Lipinski definition) is 1. The third-order valence-corrected chi connectivity index (χ3v) is 3.76. The SMILES string of the molecule is Cc1nnc(SCc2ccc(C(=O)O)cc2Br)o1. The molecule has 0 aliphatic rings. The fourth-order valence-electron chi connectivity index (χ4n) is 1.27. The summed E-state index contributed by atoms with van der Waals surface area (Å²) in [6.45, 7) is 1.73. The van der Waals surface area contributed by atoms with E-state index in [1.165, 1.54) is 11.8 Å². The summed E-state index contributed by atoms with van der Waals surface area (Å²) in [4.78, 5) is 10.8. The second kappa shape index (κ2) is 5.53. The van der Waals surface area contributed by atoms with Gasteiger partial charge in [-0.1, -0.05) is 33.8 Å². The molecule has 0 radical (unpaired) electrons. The maximum absolute atomic E-state index is 10.8. The van der Waals surface area contributed by atoms with Gasteiger partial charge >= 0.3 is 5.97 Å². The van der Waals surface area contributed by atoms with E-state index in [0.717, 1.165) is 10.0 Å². The molecule has 0 fully saturated rings. The zero-order valence-electron chi connectivity index (χ0n) is 9.38. The fourth-order valence-corrected chi connectivity index (χ4v) is 2.79. The van der Waals surface area contributed by atoms with Gasteiger partial charge in [0.15, 0.2) is 0 Å². The topological polar surface area (TPSA) is 76.2 Å². The van der Waals surface area contributed by atoms with Gasteiger partial charge in [0, 0.05) is 17.1 Å². The van der Waals surface area contributed by atoms with Crippen LogP contribution in [0.25, 0.3) is 0 Å². The molecule has 0 saturated carbocycles. The molecule has 5 nitrogen and oxygen atoms in total. The molecule has 94 valence electrons. The Labute approximate surface area is 116 Å². The monoisotopic (exact) mass is 328 g/mol. The average molecular weight is 329 g/mol. The molecule has 0 atom stereocenters.